The lowest BCUT2D eigenvalue weighted by atomic mass is 9.85. The van der Waals surface area contributed by atoms with Gasteiger partial charge in [0.05, 0.1) is 18.7 Å². The summed E-state index contributed by atoms with van der Waals surface area (Å²) in [6, 6.07) is 6.13. The van der Waals surface area contributed by atoms with Gasteiger partial charge in [0.2, 0.25) is 11.8 Å². The van der Waals surface area contributed by atoms with E-state index in [0.29, 0.717) is 29.9 Å². The van der Waals surface area contributed by atoms with Crippen LogP contribution in [0.2, 0.25) is 0 Å². The maximum absolute atomic E-state index is 12.1. The Morgan fingerprint density at radius 3 is 2.88 bits per heavy atom. The van der Waals surface area contributed by atoms with Crippen LogP contribution in [0.4, 0.5) is 5.69 Å². The van der Waals surface area contributed by atoms with E-state index in [9.17, 15) is 9.59 Å². The summed E-state index contributed by atoms with van der Waals surface area (Å²) in [6.07, 6.45) is 3.39. The van der Waals surface area contributed by atoms with E-state index in [1.54, 1.807) is 24.1 Å². The second-order valence-corrected chi connectivity index (χ2v) is 6.28. The standard InChI is InChI=1S/C17H20N4O4/c1-21(9-14-19-16(25-20-14)11-4-2-5-11)10-15(22)18-13-7-3-6-12(8-13)17(23)24/h3,6-8,11H,2,4-5,9-10H2,1H3,(H,18,22)(H,23,24). The number of nitrogens with one attached hydrogen (secondary N) is 1. The lowest BCUT2D eigenvalue weighted by Crippen LogP contribution is -2.30. The summed E-state index contributed by atoms with van der Waals surface area (Å²) in [6.45, 7) is 0.531. The van der Waals surface area contributed by atoms with E-state index in [0.717, 1.165) is 12.8 Å². The molecule has 1 heterocycles. The van der Waals surface area contributed by atoms with Crippen LogP contribution in [0, 0.1) is 0 Å². The van der Waals surface area contributed by atoms with Crippen molar-refractivity contribution in [2.45, 2.75) is 31.7 Å². The smallest absolute Gasteiger partial charge is 0.335 e. The zero-order valence-electron chi connectivity index (χ0n) is 13.9. The van der Waals surface area contributed by atoms with Crippen molar-refractivity contribution in [3.05, 3.63) is 41.5 Å². The number of aromatic carboxylic acids is 1. The van der Waals surface area contributed by atoms with Crippen molar-refractivity contribution >= 4 is 17.6 Å². The molecule has 132 valence electrons. The van der Waals surface area contributed by atoms with Gasteiger partial charge in [-0.1, -0.05) is 17.6 Å². The maximum Gasteiger partial charge on any atom is 0.335 e. The number of hydrogen-bond donors (Lipinski definition) is 2. The predicted molar refractivity (Wildman–Crippen MR) is 89.3 cm³/mol. The van der Waals surface area contributed by atoms with E-state index < -0.39 is 5.97 Å². The summed E-state index contributed by atoms with van der Waals surface area (Å²) in [5.41, 5.74) is 0.576. The Hall–Kier alpha value is -2.74. The fourth-order valence-electron chi connectivity index (χ4n) is 2.63. The van der Waals surface area contributed by atoms with Gasteiger partial charge in [0.1, 0.15) is 0 Å². The number of hydrogen-bond acceptors (Lipinski definition) is 6. The molecule has 1 fully saturated rings. The average molecular weight is 344 g/mol. The van der Waals surface area contributed by atoms with E-state index in [2.05, 4.69) is 15.5 Å². The number of likely N-dealkylation sites (N-methyl/N-ethyl adjacent to an activating group) is 1. The van der Waals surface area contributed by atoms with Gasteiger partial charge in [0.15, 0.2) is 5.82 Å². The minimum absolute atomic E-state index is 0.126. The molecule has 2 N–H and O–H groups in total. The summed E-state index contributed by atoms with van der Waals surface area (Å²) in [5.74, 6) is 0.353. The second-order valence-electron chi connectivity index (χ2n) is 6.28. The molecule has 2 aromatic rings. The highest BCUT2D eigenvalue weighted by Crippen LogP contribution is 2.35. The van der Waals surface area contributed by atoms with Crippen molar-refractivity contribution in [1.82, 2.24) is 15.0 Å². The third-order valence-corrected chi connectivity index (χ3v) is 4.16. The highest BCUT2D eigenvalue weighted by molar-refractivity contribution is 5.94. The zero-order valence-corrected chi connectivity index (χ0v) is 13.9. The van der Waals surface area contributed by atoms with Gasteiger partial charge in [-0.3, -0.25) is 9.69 Å². The number of rotatable bonds is 7. The van der Waals surface area contributed by atoms with Crippen LogP contribution in [0.1, 0.15) is 47.3 Å². The van der Waals surface area contributed by atoms with Crippen molar-refractivity contribution < 1.29 is 19.2 Å². The Kier molecular flexibility index (Phi) is 5.08. The van der Waals surface area contributed by atoms with Crippen LogP contribution < -0.4 is 5.32 Å². The first-order valence-electron chi connectivity index (χ1n) is 8.15. The van der Waals surface area contributed by atoms with Crippen molar-refractivity contribution in [2.24, 2.45) is 0 Å². The Bertz CT molecular complexity index is 770. The molecular formula is C17H20N4O4. The number of anilines is 1. The van der Waals surface area contributed by atoms with Crippen LogP contribution in [-0.4, -0.2) is 45.6 Å². The highest BCUT2D eigenvalue weighted by Gasteiger charge is 2.25. The van der Waals surface area contributed by atoms with Gasteiger partial charge < -0.3 is 14.9 Å². The number of benzene rings is 1. The predicted octanol–water partition coefficient (Wildman–Crippen LogP) is 2.11. The minimum Gasteiger partial charge on any atom is -0.478 e. The quantitative estimate of drug-likeness (QED) is 0.791. The molecule has 0 bridgehead atoms. The first-order valence-corrected chi connectivity index (χ1v) is 8.15. The van der Waals surface area contributed by atoms with Crippen molar-refractivity contribution in [3.63, 3.8) is 0 Å². The monoisotopic (exact) mass is 344 g/mol. The van der Waals surface area contributed by atoms with Gasteiger partial charge in [0, 0.05) is 11.6 Å². The second kappa shape index (κ2) is 7.43. The van der Waals surface area contributed by atoms with E-state index in [1.807, 2.05) is 0 Å². The van der Waals surface area contributed by atoms with Crippen LogP contribution in [0.25, 0.3) is 0 Å². The number of carbonyl (C=O) groups excluding carboxylic acids is 1. The number of carboxylic acids is 1. The van der Waals surface area contributed by atoms with Crippen LogP contribution >= 0.6 is 0 Å². The summed E-state index contributed by atoms with van der Waals surface area (Å²) < 4.78 is 5.26. The van der Waals surface area contributed by atoms with Gasteiger partial charge in [-0.2, -0.15) is 4.98 Å². The molecule has 8 nitrogen and oxygen atoms in total. The molecule has 1 aromatic heterocycles. The molecule has 0 unspecified atom stereocenters. The number of carboxylic acid groups (broad SMARTS) is 1. The number of aromatic nitrogens is 2. The molecule has 1 aromatic carbocycles. The van der Waals surface area contributed by atoms with Gasteiger partial charge in [-0.15, -0.1) is 0 Å². The van der Waals surface area contributed by atoms with Crippen LogP contribution in [0.3, 0.4) is 0 Å². The minimum atomic E-state index is -1.03. The number of carbonyl (C=O) groups is 2. The van der Waals surface area contributed by atoms with Crippen LogP contribution in [-0.2, 0) is 11.3 Å². The molecule has 8 heteroatoms. The topological polar surface area (TPSA) is 109 Å². The molecule has 0 spiro atoms. The lowest BCUT2D eigenvalue weighted by Gasteiger charge is -2.20. The fourth-order valence-corrected chi connectivity index (χ4v) is 2.63. The normalized spacial score (nSPS) is 14.3. The van der Waals surface area contributed by atoms with Crippen molar-refractivity contribution in [1.29, 1.82) is 0 Å². The van der Waals surface area contributed by atoms with Crippen LogP contribution in [0.5, 0.6) is 0 Å². The zero-order chi connectivity index (χ0) is 17.8. The largest absolute Gasteiger partial charge is 0.478 e. The molecule has 1 amide bonds. The summed E-state index contributed by atoms with van der Waals surface area (Å²) in [7, 11) is 1.78. The molecule has 0 radical (unpaired) electrons. The van der Waals surface area contributed by atoms with Gasteiger partial charge in [0.25, 0.3) is 0 Å². The van der Waals surface area contributed by atoms with E-state index >= 15 is 0 Å². The molecule has 3 rings (SSSR count). The molecule has 1 aliphatic rings. The first-order chi connectivity index (χ1) is 12.0. The Morgan fingerprint density at radius 2 is 2.20 bits per heavy atom. The van der Waals surface area contributed by atoms with E-state index in [-0.39, 0.29) is 18.0 Å². The molecule has 1 aliphatic carbocycles. The number of nitrogens with zero attached hydrogens (tertiary/aromatic N) is 3. The molecule has 25 heavy (non-hydrogen) atoms. The highest BCUT2D eigenvalue weighted by atomic mass is 16.5. The number of amides is 1. The van der Waals surface area contributed by atoms with Crippen molar-refractivity contribution in [2.75, 3.05) is 18.9 Å². The van der Waals surface area contributed by atoms with E-state index in [4.69, 9.17) is 9.63 Å². The average Bonchev–Trinajstić information content (AvgIpc) is 2.93. The molecule has 0 aliphatic heterocycles. The molecule has 1 saturated carbocycles. The lowest BCUT2D eigenvalue weighted by molar-refractivity contribution is -0.117. The fraction of sp³-hybridized carbons (Fsp3) is 0.412. The molecule has 0 saturated heterocycles. The van der Waals surface area contributed by atoms with Crippen molar-refractivity contribution in [3.8, 4) is 0 Å². The van der Waals surface area contributed by atoms with E-state index in [1.165, 1.54) is 18.6 Å². The third kappa shape index (κ3) is 4.42. The van der Waals surface area contributed by atoms with Gasteiger partial charge >= 0.3 is 5.97 Å². The summed E-state index contributed by atoms with van der Waals surface area (Å²) in [5, 5.41) is 15.6. The summed E-state index contributed by atoms with van der Waals surface area (Å²) >= 11 is 0. The Balaban J connectivity index is 1.51. The summed E-state index contributed by atoms with van der Waals surface area (Å²) in [4.78, 5) is 29.2. The third-order valence-electron chi connectivity index (χ3n) is 4.16. The first kappa shape index (κ1) is 17.1. The maximum atomic E-state index is 12.1. The Labute approximate surface area is 144 Å². The Morgan fingerprint density at radius 1 is 1.40 bits per heavy atom. The SMILES string of the molecule is CN(CC(=O)Nc1cccc(C(=O)O)c1)Cc1noc(C2CCC2)n1. The molecular weight excluding hydrogens is 324 g/mol. The van der Waals surface area contributed by atoms with Gasteiger partial charge in [-0.25, -0.2) is 4.79 Å². The molecule has 0 atom stereocenters. The van der Waals surface area contributed by atoms with Crippen LogP contribution in [0.15, 0.2) is 28.8 Å². The van der Waals surface area contributed by atoms with Gasteiger partial charge in [-0.05, 0) is 38.1 Å².